The van der Waals surface area contributed by atoms with Crippen LogP contribution in [0.5, 0.6) is 0 Å². The number of amides is 1. The van der Waals surface area contributed by atoms with Crippen LogP contribution < -0.4 is 0 Å². The molecule has 0 N–H and O–H groups in total. The summed E-state index contributed by atoms with van der Waals surface area (Å²) in [7, 11) is 0. The largest absolute Gasteiger partial charge is 0.338 e. The Morgan fingerprint density at radius 1 is 1.11 bits per heavy atom. The van der Waals surface area contributed by atoms with Gasteiger partial charge in [0.15, 0.2) is 0 Å². The van der Waals surface area contributed by atoms with Crippen LogP contribution in [0.3, 0.4) is 0 Å². The van der Waals surface area contributed by atoms with Gasteiger partial charge in [0, 0.05) is 25.0 Å². The highest BCUT2D eigenvalue weighted by Gasteiger charge is 2.30. The highest BCUT2D eigenvalue weighted by molar-refractivity contribution is 5.78. The van der Waals surface area contributed by atoms with Gasteiger partial charge in [-0.05, 0) is 51.6 Å². The third-order valence-electron chi connectivity index (χ3n) is 4.86. The second kappa shape index (κ2) is 7.28. The van der Waals surface area contributed by atoms with E-state index in [0.717, 1.165) is 19.5 Å². The van der Waals surface area contributed by atoms with Gasteiger partial charge in [-0.1, -0.05) is 20.3 Å². The molecule has 2 aliphatic rings. The summed E-state index contributed by atoms with van der Waals surface area (Å²) in [6, 6.07) is 0.480. The molecule has 2 aliphatic heterocycles. The summed E-state index contributed by atoms with van der Waals surface area (Å²) in [5.41, 5.74) is 0. The number of piperidine rings is 2. The minimum atomic E-state index is 0.196. The molecule has 2 unspecified atom stereocenters. The minimum absolute atomic E-state index is 0.196. The Kier molecular flexibility index (Phi) is 5.68. The molecule has 3 heteroatoms. The zero-order valence-electron chi connectivity index (χ0n) is 12.7. The van der Waals surface area contributed by atoms with E-state index in [4.69, 9.17) is 0 Å². The Morgan fingerprint density at radius 3 is 2.47 bits per heavy atom. The number of rotatable bonds is 4. The lowest BCUT2D eigenvalue weighted by molar-refractivity contribution is -0.139. The van der Waals surface area contributed by atoms with Crippen molar-refractivity contribution in [1.29, 1.82) is 0 Å². The molecule has 0 radical (unpaired) electrons. The predicted molar refractivity (Wildman–Crippen MR) is 79.1 cm³/mol. The van der Waals surface area contributed by atoms with Gasteiger partial charge < -0.3 is 9.80 Å². The Hall–Kier alpha value is -0.570. The second-order valence-corrected chi connectivity index (χ2v) is 6.35. The number of carbonyl (C=O) groups excluding carboxylic acids is 1. The first kappa shape index (κ1) is 14.8. The molecule has 2 rings (SSSR count). The van der Waals surface area contributed by atoms with Crippen LogP contribution >= 0.6 is 0 Å². The summed E-state index contributed by atoms with van der Waals surface area (Å²) in [4.78, 5) is 17.3. The fourth-order valence-electron chi connectivity index (χ4n) is 3.38. The van der Waals surface area contributed by atoms with Crippen LogP contribution in [0.15, 0.2) is 0 Å². The lowest BCUT2D eigenvalue weighted by Gasteiger charge is -2.40. The molecule has 0 aromatic heterocycles. The van der Waals surface area contributed by atoms with Gasteiger partial charge in [0.1, 0.15) is 0 Å². The Morgan fingerprint density at radius 2 is 1.79 bits per heavy atom. The van der Waals surface area contributed by atoms with Crippen molar-refractivity contribution in [2.45, 2.75) is 64.8 Å². The summed E-state index contributed by atoms with van der Waals surface area (Å²) in [5.74, 6) is 0.589. The van der Waals surface area contributed by atoms with Gasteiger partial charge >= 0.3 is 0 Å². The molecule has 0 aliphatic carbocycles. The van der Waals surface area contributed by atoms with E-state index >= 15 is 0 Å². The van der Waals surface area contributed by atoms with E-state index in [1.54, 1.807) is 0 Å². The van der Waals surface area contributed by atoms with Crippen LogP contribution in [-0.2, 0) is 4.79 Å². The molecule has 110 valence electrons. The van der Waals surface area contributed by atoms with Crippen LogP contribution in [0.1, 0.15) is 58.8 Å². The van der Waals surface area contributed by atoms with Gasteiger partial charge in [-0.15, -0.1) is 0 Å². The van der Waals surface area contributed by atoms with E-state index in [1.165, 1.54) is 51.6 Å². The van der Waals surface area contributed by atoms with Gasteiger partial charge in [0.05, 0.1) is 0 Å². The number of nitrogens with zero attached hydrogens (tertiary/aromatic N) is 2. The third kappa shape index (κ3) is 3.95. The lowest BCUT2D eigenvalue weighted by Crippen LogP contribution is -2.51. The maximum Gasteiger partial charge on any atom is 0.225 e. The molecule has 2 fully saturated rings. The van der Waals surface area contributed by atoms with Crippen LogP contribution in [0.2, 0.25) is 0 Å². The van der Waals surface area contributed by atoms with E-state index in [9.17, 15) is 4.79 Å². The number of likely N-dealkylation sites (tertiary alicyclic amines) is 2. The molecule has 2 saturated heterocycles. The first-order chi connectivity index (χ1) is 9.22. The van der Waals surface area contributed by atoms with Crippen molar-refractivity contribution in [2.24, 2.45) is 5.92 Å². The first-order valence-electron chi connectivity index (χ1n) is 8.25. The molecular formula is C16H30N2O. The number of hydrogen-bond donors (Lipinski definition) is 0. The van der Waals surface area contributed by atoms with E-state index in [2.05, 4.69) is 23.6 Å². The molecule has 2 atom stereocenters. The van der Waals surface area contributed by atoms with Crippen molar-refractivity contribution < 1.29 is 4.79 Å². The minimum Gasteiger partial charge on any atom is -0.338 e. The maximum atomic E-state index is 12.5. The molecule has 0 aromatic carbocycles. The van der Waals surface area contributed by atoms with E-state index < -0.39 is 0 Å². The average Bonchev–Trinajstić information content (AvgIpc) is 2.47. The summed E-state index contributed by atoms with van der Waals surface area (Å²) in [5, 5.41) is 0. The molecule has 0 bridgehead atoms. The third-order valence-corrected chi connectivity index (χ3v) is 4.86. The van der Waals surface area contributed by atoms with E-state index in [0.29, 0.717) is 11.9 Å². The second-order valence-electron chi connectivity index (χ2n) is 6.35. The molecular weight excluding hydrogens is 236 g/mol. The molecule has 19 heavy (non-hydrogen) atoms. The van der Waals surface area contributed by atoms with Crippen molar-refractivity contribution in [1.82, 2.24) is 9.80 Å². The van der Waals surface area contributed by atoms with E-state index in [1.807, 2.05) is 0 Å². The summed E-state index contributed by atoms with van der Waals surface area (Å²) in [6.07, 6.45) is 8.72. The van der Waals surface area contributed by atoms with E-state index in [-0.39, 0.29) is 5.92 Å². The quantitative estimate of drug-likeness (QED) is 0.781. The topological polar surface area (TPSA) is 23.6 Å². The molecule has 0 saturated carbocycles. The highest BCUT2D eigenvalue weighted by Crippen LogP contribution is 2.22. The summed E-state index contributed by atoms with van der Waals surface area (Å²) >= 11 is 0. The Bertz CT molecular complexity index is 286. The monoisotopic (exact) mass is 266 g/mol. The lowest BCUT2D eigenvalue weighted by atomic mass is 9.97. The van der Waals surface area contributed by atoms with Crippen molar-refractivity contribution in [2.75, 3.05) is 26.2 Å². The van der Waals surface area contributed by atoms with Gasteiger partial charge in [-0.2, -0.15) is 0 Å². The predicted octanol–water partition coefficient (Wildman–Crippen LogP) is 2.90. The van der Waals surface area contributed by atoms with Crippen LogP contribution in [0.4, 0.5) is 0 Å². The number of hydrogen-bond acceptors (Lipinski definition) is 2. The average molecular weight is 266 g/mol. The number of carbonyl (C=O) groups is 1. The van der Waals surface area contributed by atoms with Crippen LogP contribution in [0, 0.1) is 5.92 Å². The SMILES string of the molecule is CCC(C)C(=O)N1CCCCC1CN1CCCCC1. The molecule has 2 heterocycles. The van der Waals surface area contributed by atoms with Gasteiger partial charge in [-0.3, -0.25) is 4.79 Å². The first-order valence-corrected chi connectivity index (χ1v) is 8.25. The Balaban J connectivity index is 1.93. The van der Waals surface area contributed by atoms with Crippen LogP contribution in [-0.4, -0.2) is 47.9 Å². The van der Waals surface area contributed by atoms with Gasteiger partial charge in [0.25, 0.3) is 0 Å². The highest BCUT2D eigenvalue weighted by atomic mass is 16.2. The fourth-order valence-corrected chi connectivity index (χ4v) is 3.38. The van der Waals surface area contributed by atoms with Crippen molar-refractivity contribution in [3.05, 3.63) is 0 Å². The summed E-state index contributed by atoms with van der Waals surface area (Å²) in [6.45, 7) is 8.77. The zero-order chi connectivity index (χ0) is 13.7. The molecule has 0 spiro atoms. The standard InChI is InChI=1S/C16H30N2O/c1-3-14(2)16(19)18-12-8-5-9-15(18)13-17-10-6-4-7-11-17/h14-15H,3-13H2,1-2H3. The van der Waals surface area contributed by atoms with Gasteiger partial charge in [-0.25, -0.2) is 0 Å². The Labute approximate surface area is 118 Å². The van der Waals surface area contributed by atoms with Gasteiger partial charge in [0.2, 0.25) is 5.91 Å². The maximum absolute atomic E-state index is 12.5. The molecule has 1 amide bonds. The zero-order valence-corrected chi connectivity index (χ0v) is 12.7. The normalized spacial score (nSPS) is 27.3. The van der Waals surface area contributed by atoms with Crippen molar-refractivity contribution in [3.63, 3.8) is 0 Å². The molecule has 3 nitrogen and oxygen atoms in total. The summed E-state index contributed by atoms with van der Waals surface area (Å²) < 4.78 is 0. The van der Waals surface area contributed by atoms with Crippen molar-refractivity contribution in [3.8, 4) is 0 Å². The van der Waals surface area contributed by atoms with Crippen molar-refractivity contribution >= 4 is 5.91 Å². The fraction of sp³-hybridized carbons (Fsp3) is 0.938. The van der Waals surface area contributed by atoms with Crippen LogP contribution in [0.25, 0.3) is 0 Å². The molecule has 0 aromatic rings. The smallest absolute Gasteiger partial charge is 0.225 e.